The maximum atomic E-state index is 12.5. The number of hydrogen-bond donors (Lipinski definition) is 0. The highest BCUT2D eigenvalue weighted by molar-refractivity contribution is 6.34. The van der Waals surface area contributed by atoms with E-state index >= 15 is 0 Å². The summed E-state index contributed by atoms with van der Waals surface area (Å²) >= 11 is 6.10. The highest BCUT2D eigenvalue weighted by Crippen LogP contribution is 2.30. The first kappa shape index (κ1) is 18.2. The van der Waals surface area contributed by atoms with Crippen LogP contribution < -0.4 is 0 Å². The molecule has 1 aromatic carbocycles. The molecule has 2 heterocycles. The Morgan fingerprint density at radius 3 is 2.58 bits per heavy atom. The van der Waals surface area contributed by atoms with Gasteiger partial charge in [-0.05, 0) is 31.2 Å². The van der Waals surface area contributed by atoms with Crippen molar-refractivity contribution in [2.75, 3.05) is 0 Å². The molecule has 26 heavy (non-hydrogen) atoms. The summed E-state index contributed by atoms with van der Waals surface area (Å²) in [6.45, 7) is 1.81. The van der Waals surface area contributed by atoms with E-state index in [-0.39, 0.29) is 34.2 Å². The van der Waals surface area contributed by atoms with Crippen molar-refractivity contribution in [2.24, 2.45) is 0 Å². The second kappa shape index (κ2) is 6.95. The molecule has 5 nitrogen and oxygen atoms in total. The standard InChI is InChI=1S/C17H12ClF3N2O3/c1-9-2-4-11(25-9)5-7-14(24)12-6-3-10(8-13(12)18)15-22-16(26-23-15)17(19,20)21/h2-4,6,8H,5,7H2,1H3. The lowest BCUT2D eigenvalue weighted by Crippen LogP contribution is -2.05. The molecule has 0 atom stereocenters. The van der Waals surface area contributed by atoms with Gasteiger partial charge >= 0.3 is 12.1 Å². The monoisotopic (exact) mass is 384 g/mol. The van der Waals surface area contributed by atoms with Gasteiger partial charge in [-0.25, -0.2) is 0 Å². The van der Waals surface area contributed by atoms with Gasteiger partial charge in [0, 0.05) is 24.0 Å². The third kappa shape index (κ3) is 3.96. The van der Waals surface area contributed by atoms with Crippen molar-refractivity contribution in [2.45, 2.75) is 25.9 Å². The molecule has 3 aromatic rings. The minimum absolute atomic E-state index is 0.0986. The van der Waals surface area contributed by atoms with E-state index in [9.17, 15) is 18.0 Å². The summed E-state index contributed by atoms with van der Waals surface area (Å²) in [5.41, 5.74) is 0.477. The van der Waals surface area contributed by atoms with Crippen LogP contribution in [0.2, 0.25) is 5.02 Å². The number of alkyl halides is 3. The van der Waals surface area contributed by atoms with Gasteiger partial charge in [0.05, 0.1) is 5.02 Å². The summed E-state index contributed by atoms with van der Waals surface area (Å²) in [7, 11) is 0. The molecule has 0 amide bonds. The van der Waals surface area contributed by atoms with Crippen LogP contribution in [0.15, 0.2) is 39.3 Å². The van der Waals surface area contributed by atoms with E-state index < -0.39 is 12.1 Å². The molecule has 0 saturated carbocycles. The molecular formula is C17H12ClF3N2O3. The number of benzene rings is 1. The van der Waals surface area contributed by atoms with Gasteiger partial charge in [0.1, 0.15) is 11.5 Å². The van der Waals surface area contributed by atoms with E-state index in [0.29, 0.717) is 12.2 Å². The summed E-state index contributed by atoms with van der Waals surface area (Å²) in [6, 6.07) is 7.78. The third-order valence-electron chi connectivity index (χ3n) is 3.59. The van der Waals surface area contributed by atoms with Gasteiger partial charge in [0.15, 0.2) is 5.78 Å². The van der Waals surface area contributed by atoms with Gasteiger partial charge in [0.2, 0.25) is 5.82 Å². The number of nitrogens with zero attached hydrogens (tertiary/aromatic N) is 2. The molecule has 0 aliphatic rings. The largest absolute Gasteiger partial charge is 0.471 e. The molecule has 0 spiro atoms. The number of carbonyl (C=O) groups is 1. The van der Waals surface area contributed by atoms with Gasteiger partial charge < -0.3 is 8.94 Å². The van der Waals surface area contributed by atoms with Crippen LogP contribution >= 0.6 is 11.6 Å². The molecular weight excluding hydrogens is 373 g/mol. The van der Waals surface area contributed by atoms with Crippen LogP contribution in [-0.2, 0) is 12.6 Å². The smallest absolute Gasteiger partial charge is 0.466 e. The van der Waals surface area contributed by atoms with Gasteiger partial charge in [-0.3, -0.25) is 4.79 Å². The minimum atomic E-state index is -4.73. The van der Waals surface area contributed by atoms with Gasteiger partial charge in [-0.15, -0.1) is 0 Å². The van der Waals surface area contributed by atoms with Crippen molar-refractivity contribution in [1.29, 1.82) is 0 Å². The quantitative estimate of drug-likeness (QED) is 0.571. The summed E-state index contributed by atoms with van der Waals surface area (Å²) in [6.07, 6.45) is -4.12. The molecule has 0 saturated heterocycles. The number of aromatic nitrogens is 2. The van der Waals surface area contributed by atoms with Crippen LogP contribution in [0.1, 0.15) is 34.2 Å². The van der Waals surface area contributed by atoms with Crippen molar-refractivity contribution < 1.29 is 26.9 Å². The Labute approximate surface area is 150 Å². The normalized spacial score (nSPS) is 11.7. The Morgan fingerprint density at radius 1 is 1.23 bits per heavy atom. The number of aryl methyl sites for hydroxylation is 2. The number of carbonyl (C=O) groups excluding carboxylic acids is 1. The first-order valence-electron chi connectivity index (χ1n) is 7.53. The predicted molar refractivity (Wildman–Crippen MR) is 85.8 cm³/mol. The number of halogens is 4. The lowest BCUT2D eigenvalue weighted by molar-refractivity contribution is -0.159. The molecule has 0 aliphatic carbocycles. The van der Waals surface area contributed by atoms with Crippen LogP contribution in [0.3, 0.4) is 0 Å². The topological polar surface area (TPSA) is 69.1 Å². The molecule has 9 heteroatoms. The molecule has 136 valence electrons. The third-order valence-corrected chi connectivity index (χ3v) is 3.90. The zero-order valence-corrected chi connectivity index (χ0v) is 14.2. The van der Waals surface area contributed by atoms with Gasteiger partial charge in [0.25, 0.3) is 0 Å². The van der Waals surface area contributed by atoms with E-state index in [0.717, 1.165) is 5.76 Å². The number of hydrogen-bond acceptors (Lipinski definition) is 5. The number of ketones is 1. The van der Waals surface area contributed by atoms with Crippen LogP contribution in [0.25, 0.3) is 11.4 Å². The fraction of sp³-hybridized carbons (Fsp3) is 0.235. The predicted octanol–water partition coefficient (Wildman–Crippen LogP) is 5.13. The van der Waals surface area contributed by atoms with Crippen molar-refractivity contribution in [3.05, 3.63) is 58.3 Å². The molecule has 0 radical (unpaired) electrons. The molecule has 0 fully saturated rings. The Balaban J connectivity index is 1.74. The van der Waals surface area contributed by atoms with Crippen LogP contribution in [0, 0.1) is 6.92 Å². The Morgan fingerprint density at radius 2 is 2.00 bits per heavy atom. The van der Waals surface area contributed by atoms with Crippen molar-refractivity contribution in [3.63, 3.8) is 0 Å². The average Bonchev–Trinajstić information content (AvgIpc) is 3.21. The average molecular weight is 385 g/mol. The lowest BCUT2D eigenvalue weighted by atomic mass is 10.0. The van der Waals surface area contributed by atoms with Crippen molar-refractivity contribution in [3.8, 4) is 11.4 Å². The highest BCUT2D eigenvalue weighted by Gasteiger charge is 2.38. The fourth-order valence-corrected chi connectivity index (χ4v) is 2.61. The Hall–Kier alpha value is -2.61. The highest BCUT2D eigenvalue weighted by atomic mass is 35.5. The van der Waals surface area contributed by atoms with E-state index in [1.54, 1.807) is 6.07 Å². The fourth-order valence-electron chi connectivity index (χ4n) is 2.33. The summed E-state index contributed by atoms with van der Waals surface area (Å²) in [4.78, 5) is 15.6. The first-order valence-corrected chi connectivity index (χ1v) is 7.91. The second-order valence-corrected chi connectivity index (χ2v) is 5.96. The number of furan rings is 1. The van der Waals surface area contributed by atoms with Crippen LogP contribution in [-0.4, -0.2) is 15.9 Å². The first-order chi connectivity index (χ1) is 12.2. The van der Waals surface area contributed by atoms with E-state index in [1.165, 1.54) is 18.2 Å². The SMILES string of the molecule is Cc1ccc(CCC(=O)c2ccc(-c3noc(C(F)(F)F)n3)cc2Cl)o1. The molecule has 0 aliphatic heterocycles. The van der Waals surface area contributed by atoms with E-state index in [4.69, 9.17) is 16.0 Å². The molecule has 3 rings (SSSR count). The van der Waals surface area contributed by atoms with Gasteiger partial charge in [-0.2, -0.15) is 18.2 Å². The minimum Gasteiger partial charge on any atom is -0.466 e. The van der Waals surface area contributed by atoms with Crippen LogP contribution in [0.5, 0.6) is 0 Å². The van der Waals surface area contributed by atoms with E-state index in [2.05, 4.69) is 14.7 Å². The summed E-state index contributed by atoms with van der Waals surface area (Å²) < 4.78 is 47.1. The lowest BCUT2D eigenvalue weighted by Gasteiger charge is -2.04. The molecule has 0 N–H and O–H groups in total. The van der Waals surface area contributed by atoms with Crippen LogP contribution in [0.4, 0.5) is 13.2 Å². The maximum Gasteiger partial charge on any atom is 0.471 e. The summed E-state index contributed by atoms with van der Waals surface area (Å²) in [5, 5.41) is 3.38. The maximum absolute atomic E-state index is 12.5. The summed E-state index contributed by atoms with van der Waals surface area (Å²) in [5.74, 6) is -0.468. The van der Waals surface area contributed by atoms with E-state index in [1.807, 2.05) is 13.0 Å². The molecule has 0 unspecified atom stereocenters. The van der Waals surface area contributed by atoms with Crippen molar-refractivity contribution >= 4 is 17.4 Å². The number of Topliss-reactive ketones (excluding diaryl/α,β-unsaturated/α-hetero) is 1. The van der Waals surface area contributed by atoms with Crippen molar-refractivity contribution in [1.82, 2.24) is 10.1 Å². The molecule has 2 aromatic heterocycles. The second-order valence-electron chi connectivity index (χ2n) is 5.55. The zero-order chi connectivity index (χ0) is 18.9. The molecule has 0 bridgehead atoms. The number of rotatable bonds is 5. The zero-order valence-electron chi connectivity index (χ0n) is 13.4. The van der Waals surface area contributed by atoms with Gasteiger partial charge in [-0.1, -0.05) is 22.8 Å². The Kier molecular flexibility index (Phi) is 4.86. The Bertz CT molecular complexity index is 947.